The zero-order chi connectivity index (χ0) is 25.3. The summed E-state index contributed by atoms with van der Waals surface area (Å²) < 4.78 is 11.4. The normalized spacial score (nSPS) is 12.1. The summed E-state index contributed by atoms with van der Waals surface area (Å²) in [7, 11) is 0. The zero-order valence-electron chi connectivity index (χ0n) is 21.9. The van der Waals surface area contributed by atoms with E-state index in [1.165, 1.54) is 43.2 Å². The van der Waals surface area contributed by atoms with Crippen LogP contribution in [0.25, 0.3) is 22.1 Å². The zero-order valence-corrected chi connectivity index (χ0v) is 21.9. The van der Waals surface area contributed by atoms with E-state index >= 15 is 0 Å². The largest absolute Gasteiger partial charge is 0.449 e. The molecule has 3 aromatic carbocycles. The smallest absolute Gasteiger partial charge is 0.379 e. The van der Waals surface area contributed by atoms with Gasteiger partial charge >= 0.3 is 5.97 Å². The number of hydrogen-bond donors (Lipinski definition) is 0. The molecule has 0 aliphatic carbocycles. The second kappa shape index (κ2) is 12.6. The van der Waals surface area contributed by atoms with Crippen molar-refractivity contribution in [3.8, 4) is 16.9 Å². The number of fused-ring (bicyclic) bond motifs is 1. The summed E-state index contributed by atoms with van der Waals surface area (Å²) in [5.74, 6) is 0.895. The van der Waals surface area contributed by atoms with Gasteiger partial charge in [-0.2, -0.15) is 0 Å². The average molecular weight is 483 g/mol. The summed E-state index contributed by atoms with van der Waals surface area (Å²) in [5.41, 5.74) is 5.58. The minimum Gasteiger partial charge on any atom is -0.449 e. The fourth-order valence-electron chi connectivity index (χ4n) is 4.52. The van der Waals surface area contributed by atoms with Crippen molar-refractivity contribution in [2.45, 2.75) is 72.1 Å². The lowest BCUT2D eigenvalue weighted by Crippen LogP contribution is -2.07. The number of aryl methyl sites for hydroxylation is 1. The molecule has 0 radical (unpaired) electrons. The van der Waals surface area contributed by atoms with Crippen molar-refractivity contribution in [1.82, 2.24) is 0 Å². The predicted molar refractivity (Wildman–Crippen MR) is 149 cm³/mol. The van der Waals surface area contributed by atoms with Crippen LogP contribution in [-0.4, -0.2) is 5.97 Å². The molecule has 0 saturated heterocycles. The van der Waals surface area contributed by atoms with E-state index in [4.69, 9.17) is 9.15 Å². The highest BCUT2D eigenvalue weighted by Gasteiger charge is 2.15. The summed E-state index contributed by atoms with van der Waals surface area (Å²) in [6, 6.07) is 24.4. The van der Waals surface area contributed by atoms with Gasteiger partial charge in [-0.15, -0.1) is 0 Å². The standard InChI is InChI=1S/C33H38O3/c1-4-6-7-8-9-10-25-11-15-27(16-12-25)28-17-20-31-29(22-28)23-32(36-31)33(34)35-30-18-13-26(14-19-30)21-24(3)5-2/h11-20,22-24H,4-10,21H2,1-3H3/t24-/m0/s1. The molecule has 3 nitrogen and oxygen atoms in total. The Hall–Kier alpha value is -3.33. The third-order valence-corrected chi connectivity index (χ3v) is 6.99. The first-order chi connectivity index (χ1) is 17.6. The lowest BCUT2D eigenvalue weighted by atomic mass is 9.99. The SMILES string of the molecule is CCCCCCCc1ccc(-c2ccc3oc(C(=O)Oc4ccc(C[C@@H](C)CC)cc4)cc3c2)cc1. The van der Waals surface area contributed by atoms with E-state index in [1.807, 2.05) is 36.4 Å². The molecule has 0 N–H and O–H groups in total. The third-order valence-electron chi connectivity index (χ3n) is 6.99. The van der Waals surface area contributed by atoms with Crippen molar-refractivity contribution in [2.24, 2.45) is 5.92 Å². The molecular weight excluding hydrogens is 444 g/mol. The summed E-state index contributed by atoms with van der Waals surface area (Å²) >= 11 is 0. The van der Waals surface area contributed by atoms with E-state index in [9.17, 15) is 4.79 Å². The second-order valence-corrected chi connectivity index (χ2v) is 9.98. The molecule has 0 amide bonds. The van der Waals surface area contributed by atoms with Crippen LogP contribution in [0.2, 0.25) is 0 Å². The predicted octanol–water partition coefficient (Wildman–Crippen LogP) is 9.42. The molecule has 0 saturated carbocycles. The number of hydrogen-bond acceptors (Lipinski definition) is 3. The Labute approximate surface area is 215 Å². The van der Waals surface area contributed by atoms with Crippen LogP contribution in [0.4, 0.5) is 0 Å². The molecule has 4 rings (SSSR count). The van der Waals surface area contributed by atoms with Crippen molar-refractivity contribution < 1.29 is 13.9 Å². The quantitative estimate of drug-likeness (QED) is 0.115. The molecule has 0 aliphatic rings. The number of unbranched alkanes of at least 4 members (excludes halogenated alkanes) is 4. The summed E-state index contributed by atoms with van der Waals surface area (Å²) in [5, 5.41) is 0.892. The van der Waals surface area contributed by atoms with Crippen LogP contribution in [0.3, 0.4) is 0 Å². The molecule has 0 aliphatic heterocycles. The van der Waals surface area contributed by atoms with Crippen LogP contribution in [0.1, 0.15) is 81.0 Å². The Balaban J connectivity index is 1.39. The Morgan fingerprint density at radius 3 is 2.22 bits per heavy atom. The van der Waals surface area contributed by atoms with Gasteiger partial charge in [-0.1, -0.05) is 95.3 Å². The van der Waals surface area contributed by atoms with Gasteiger partial charge in [-0.3, -0.25) is 0 Å². The third kappa shape index (κ3) is 6.87. The number of carbonyl (C=O) groups is 1. The van der Waals surface area contributed by atoms with Crippen LogP contribution < -0.4 is 4.74 Å². The van der Waals surface area contributed by atoms with Crippen LogP contribution in [0.15, 0.2) is 77.2 Å². The van der Waals surface area contributed by atoms with E-state index in [2.05, 4.69) is 51.1 Å². The van der Waals surface area contributed by atoms with Gasteiger partial charge in [0.2, 0.25) is 5.76 Å². The maximum absolute atomic E-state index is 12.7. The number of rotatable bonds is 12. The van der Waals surface area contributed by atoms with E-state index in [0.29, 0.717) is 17.3 Å². The van der Waals surface area contributed by atoms with E-state index in [0.717, 1.165) is 35.8 Å². The maximum Gasteiger partial charge on any atom is 0.379 e. The average Bonchev–Trinajstić information content (AvgIpc) is 3.34. The second-order valence-electron chi connectivity index (χ2n) is 9.98. The number of furan rings is 1. The van der Waals surface area contributed by atoms with E-state index in [-0.39, 0.29) is 5.76 Å². The summed E-state index contributed by atoms with van der Waals surface area (Å²) in [6.07, 6.45) is 9.82. The molecule has 3 heteroatoms. The van der Waals surface area contributed by atoms with Gasteiger partial charge in [0.05, 0.1) is 0 Å². The first kappa shape index (κ1) is 25.8. The Morgan fingerprint density at radius 2 is 1.50 bits per heavy atom. The first-order valence-electron chi connectivity index (χ1n) is 13.5. The number of ether oxygens (including phenoxy) is 1. The molecular formula is C33H38O3. The molecule has 4 aromatic rings. The highest BCUT2D eigenvalue weighted by molar-refractivity contribution is 5.95. The number of carbonyl (C=O) groups excluding carboxylic acids is 1. The number of benzene rings is 3. The Bertz CT molecular complexity index is 1250. The van der Waals surface area contributed by atoms with Crippen LogP contribution in [-0.2, 0) is 12.8 Å². The van der Waals surface area contributed by atoms with Crippen molar-refractivity contribution in [3.05, 3.63) is 89.7 Å². The molecule has 1 heterocycles. The summed E-state index contributed by atoms with van der Waals surface area (Å²) in [4.78, 5) is 12.7. The van der Waals surface area contributed by atoms with Gasteiger partial charge < -0.3 is 9.15 Å². The van der Waals surface area contributed by atoms with Gasteiger partial charge in [0.15, 0.2) is 0 Å². The van der Waals surface area contributed by atoms with Gasteiger partial charge in [0, 0.05) is 5.39 Å². The van der Waals surface area contributed by atoms with Crippen molar-refractivity contribution in [2.75, 3.05) is 0 Å². The minimum absolute atomic E-state index is 0.212. The van der Waals surface area contributed by atoms with Crippen molar-refractivity contribution in [3.63, 3.8) is 0 Å². The Morgan fingerprint density at radius 1 is 0.806 bits per heavy atom. The van der Waals surface area contributed by atoms with Gasteiger partial charge in [-0.05, 0) is 77.8 Å². The van der Waals surface area contributed by atoms with Crippen LogP contribution >= 0.6 is 0 Å². The maximum atomic E-state index is 12.7. The molecule has 1 aromatic heterocycles. The lowest BCUT2D eigenvalue weighted by Gasteiger charge is -2.09. The molecule has 0 bridgehead atoms. The van der Waals surface area contributed by atoms with Crippen LogP contribution in [0.5, 0.6) is 5.75 Å². The first-order valence-corrected chi connectivity index (χ1v) is 13.5. The highest BCUT2D eigenvalue weighted by atomic mass is 16.5. The fraction of sp³-hybridized carbons (Fsp3) is 0.364. The highest BCUT2D eigenvalue weighted by Crippen LogP contribution is 2.28. The van der Waals surface area contributed by atoms with E-state index < -0.39 is 5.97 Å². The monoisotopic (exact) mass is 482 g/mol. The number of esters is 1. The van der Waals surface area contributed by atoms with Gasteiger partial charge in [0.1, 0.15) is 11.3 Å². The molecule has 36 heavy (non-hydrogen) atoms. The van der Waals surface area contributed by atoms with Crippen LogP contribution in [0, 0.1) is 5.92 Å². The fourth-order valence-corrected chi connectivity index (χ4v) is 4.52. The van der Waals surface area contributed by atoms with Crippen molar-refractivity contribution >= 4 is 16.9 Å². The topological polar surface area (TPSA) is 39.4 Å². The Kier molecular flexibility index (Phi) is 9.00. The molecule has 188 valence electrons. The minimum atomic E-state index is -0.481. The lowest BCUT2D eigenvalue weighted by molar-refractivity contribution is 0.0704. The van der Waals surface area contributed by atoms with Gasteiger partial charge in [-0.25, -0.2) is 4.79 Å². The van der Waals surface area contributed by atoms with Crippen molar-refractivity contribution in [1.29, 1.82) is 0 Å². The summed E-state index contributed by atoms with van der Waals surface area (Å²) in [6.45, 7) is 6.69. The van der Waals surface area contributed by atoms with E-state index in [1.54, 1.807) is 6.07 Å². The molecule has 1 atom stereocenters. The van der Waals surface area contributed by atoms with Gasteiger partial charge in [0.25, 0.3) is 0 Å². The molecule has 0 fully saturated rings. The molecule has 0 unspecified atom stereocenters. The molecule has 0 spiro atoms.